The van der Waals surface area contributed by atoms with Gasteiger partial charge >= 0.3 is 11.6 Å². The minimum atomic E-state index is -0.704. The summed E-state index contributed by atoms with van der Waals surface area (Å²) in [6, 6.07) is 17.7. The van der Waals surface area contributed by atoms with Gasteiger partial charge in [0.2, 0.25) is 0 Å². The van der Waals surface area contributed by atoms with Gasteiger partial charge in [-0.25, -0.2) is 0 Å². The zero-order chi connectivity index (χ0) is 15.9. The Balaban J connectivity index is 2.18. The molecule has 0 aliphatic rings. The van der Waals surface area contributed by atoms with Gasteiger partial charge in [-0.05, 0) is 18.1 Å². The number of benzene rings is 2. The summed E-state index contributed by atoms with van der Waals surface area (Å²) in [6.45, 7) is 1.79. The van der Waals surface area contributed by atoms with Crippen LogP contribution in [0.25, 0.3) is 6.08 Å². The third-order valence-corrected chi connectivity index (χ3v) is 3.18. The topological polar surface area (TPSA) is 72.2 Å². The van der Waals surface area contributed by atoms with E-state index in [4.69, 9.17) is 0 Å². The van der Waals surface area contributed by atoms with Crippen molar-refractivity contribution in [1.82, 2.24) is 5.32 Å². The molecule has 0 aromatic heterocycles. The molecule has 0 radical (unpaired) electrons. The Bertz CT molecular complexity index is 682. The zero-order valence-electron chi connectivity index (χ0n) is 12.1. The maximum atomic E-state index is 12.2. The molecule has 0 saturated heterocycles. The molecule has 0 saturated carbocycles. The van der Waals surface area contributed by atoms with E-state index in [2.05, 4.69) is 5.32 Å². The van der Waals surface area contributed by atoms with Gasteiger partial charge in [-0.1, -0.05) is 60.7 Å². The van der Waals surface area contributed by atoms with Gasteiger partial charge in [0.05, 0.1) is 11.0 Å². The molecule has 0 spiro atoms. The standard InChI is InChI=1S/C17H16N2O3/c1-13(15-10-6-3-7-11-15)18-17(20)16(19(21)22)12-14-8-4-2-5-9-14/h2-13H,1H3,(H,18,20). The maximum Gasteiger partial charge on any atom is 0.334 e. The van der Waals surface area contributed by atoms with Crippen molar-refractivity contribution in [2.24, 2.45) is 0 Å². The van der Waals surface area contributed by atoms with Crippen LogP contribution in [0.2, 0.25) is 0 Å². The third-order valence-electron chi connectivity index (χ3n) is 3.18. The first-order valence-corrected chi connectivity index (χ1v) is 6.85. The molecule has 22 heavy (non-hydrogen) atoms. The number of amides is 1. The van der Waals surface area contributed by atoms with Crippen molar-refractivity contribution in [1.29, 1.82) is 0 Å². The van der Waals surface area contributed by atoms with E-state index in [-0.39, 0.29) is 6.04 Å². The Hall–Kier alpha value is -2.95. The molecular weight excluding hydrogens is 280 g/mol. The second-order valence-electron chi connectivity index (χ2n) is 4.80. The van der Waals surface area contributed by atoms with E-state index in [0.29, 0.717) is 5.56 Å². The Labute approximate surface area is 128 Å². The number of hydrogen-bond acceptors (Lipinski definition) is 3. The lowest BCUT2D eigenvalue weighted by Crippen LogP contribution is -2.30. The van der Waals surface area contributed by atoms with Gasteiger partial charge in [-0.3, -0.25) is 14.9 Å². The quantitative estimate of drug-likeness (QED) is 0.523. The predicted octanol–water partition coefficient (Wildman–Crippen LogP) is 3.18. The number of nitro groups is 1. The molecule has 0 aliphatic heterocycles. The first-order chi connectivity index (χ1) is 10.6. The Morgan fingerprint density at radius 3 is 2.18 bits per heavy atom. The number of hydrogen-bond donors (Lipinski definition) is 1. The van der Waals surface area contributed by atoms with Gasteiger partial charge in [0.25, 0.3) is 0 Å². The van der Waals surface area contributed by atoms with Crippen molar-refractivity contribution < 1.29 is 9.72 Å². The van der Waals surface area contributed by atoms with Crippen LogP contribution in [-0.2, 0) is 4.79 Å². The van der Waals surface area contributed by atoms with E-state index >= 15 is 0 Å². The minimum absolute atomic E-state index is 0.312. The molecule has 1 amide bonds. The summed E-state index contributed by atoms with van der Waals surface area (Å²) in [7, 11) is 0. The summed E-state index contributed by atoms with van der Waals surface area (Å²) in [5.41, 5.74) is 1.02. The number of nitrogens with one attached hydrogen (secondary N) is 1. The van der Waals surface area contributed by atoms with Gasteiger partial charge in [0.15, 0.2) is 0 Å². The fourth-order valence-electron chi connectivity index (χ4n) is 2.00. The third kappa shape index (κ3) is 4.02. The van der Waals surface area contributed by atoms with Crippen LogP contribution in [-0.4, -0.2) is 10.8 Å². The molecule has 112 valence electrons. The fraction of sp³-hybridized carbons (Fsp3) is 0.118. The number of nitrogens with zero attached hydrogens (tertiary/aromatic N) is 1. The highest BCUT2D eigenvalue weighted by atomic mass is 16.6. The van der Waals surface area contributed by atoms with Gasteiger partial charge in [-0.15, -0.1) is 0 Å². The number of rotatable bonds is 5. The Morgan fingerprint density at radius 1 is 1.09 bits per heavy atom. The van der Waals surface area contributed by atoms with Crippen molar-refractivity contribution in [2.75, 3.05) is 0 Å². The largest absolute Gasteiger partial charge is 0.340 e. The van der Waals surface area contributed by atoms with Crippen molar-refractivity contribution in [3.63, 3.8) is 0 Å². The van der Waals surface area contributed by atoms with Gasteiger partial charge in [0, 0.05) is 6.08 Å². The Kier molecular flexibility index (Phi) is 5.03. The fourth-order valence-corrected chi connectivity index (χ4v) is 2.00. The van der Waals surface area contributed by atoms with E-state index in [1.807, 2.05) is 30.3 Å². The van der Waals surface area contributed by atoms with Gasteiger partial charge in [0.1, 0.15) is 0 Å². The first-order valence-electron chi connectivity index (χ1n) is 6.85. The van der Waals surface area contributed by atoms with Crippen LogP contribution in [0.1, 0.15) is 24.1 Å². The molecule has 5 nitrogen and oxygen atoms in total. The SMILES string of the molecule is CC(NC(=O)C(=Cc1ccccc1)[N+](=O)[O-])c1ccccc1. The molecule has 1 N–H and O–H groups in total. The van der Waals surface area contributed by atoms with Crippen molar-refractivity contribution in [3.8, 4) is 0 Å². The highest BCUT2D eigenvalue weighted by molar-refractivity contribution is 5.95. The summed E-state index contributed by atoms with van der Waals surface area (Å²) in [5, 5.41) is 13.8. The summed E-state index contributed by atoms with van der Waals surface area (Å²) in [6.07, 6.45) is 1.27. The highest BCUT2D eigenvalue weighted by Gasteiger charge is 2.23. The van der Waals surface area contributed by atoms with Crippen molar-refractivity contribution in [2.45, 2.75) is 13.0 Å². The lowest BCUT2D eigenvalue weighted by Gasteiger charge is -2.13. The molecule has 1 unspecified atom stereocenters. The predicted molar refractivity (Wildman–Crippen MR) is 84.4 cm³/mol. The van der Waals surface area contributed by atoms with Gasteiger partial charge in [-0.2, -0.15) is 0 Å². The van der Waals surface area contributed by atoms with E-state index in [1.165, 1.54) is 6.08 Å². The second kappa shape index (κ2) is 7.17. The highest BCUT2D eigenvalue weighted by Crippen LogP contribution is 2.13. The van der Waals surface area contributed by atoms with E-state index in [1.54, 1.807) is 37.3 Å². The molecule has 2 aromatic carbocycles. The summed E-state index contributed by atoms with van der Waals surface area (Å²) < 4.78 is 0. The molecular formula is C17H16N2O3. The molecule has 0 aliphatic carbocycles. The Morgan fingerprint density at radius 2 is 1.64 bits per heavy atom. The van der Waals surface area contributed by atoms with Crippen LogP contribution in [0.15, 0.2) is 66.4 Å². The van der Waals surface area contributed by atoms with Crippen molar-refractivity contribution in [3.05, 3.63) is 87.6 Å². The van der Waals surface area contributed by atoms with Crippen LogP contribution in [0.3, 0.4) is 0 Å². The van der Waals surface area contributed by atoms with Crippen LogP contribution in [0.5, 0.6) is 0 Å². The monoisotopic (exact) mass is 296 g/mol. The summed E-state index contributed by atoms with van der Waals surface area (Å²) in [5.74, 6) is -0.704. The normalized spacial score (nSPS) is 12.5. The molecule has 0 fully saturated rings. The molecule has 2 rings (SSSR count). The van der Waals surface area contributed by atoms with Crippen LogP contribution in [0, 0.1) is 10.1 Å². The average Bonchev–Trinajstić information content (AvgIpc) is 2.54. The maximum absolute atomic E-state index is 12.2. The first kappa shape index (κ1) is 15.4. The smallest absolute Gasteiger partial charge is 0.334 e. The number of carbonyl (C=O) groups is 1. The second-order valence-corrected chi connectivity index (χ2v) is 4.80. The zero-order valence-corrected chi connectivity index (χ0v) is 12.1. The van der Waals surface area contributed by atoms with E-state index in [9.17, 15) is 14.9 Å². The van der Waals surface area contributed by atoms with Crippen molar-refractivity contribution >= 4 is 12.0 Å². The molecule has 0 heterocycles. The van der Waals surface area contributed by atoms with E-state index in [0.717, 1.165) is 5.56 Å². The molecule has 5 heteroatoms. The van der Waals surface area contributed by atoms with Gasteiger partial charge < -0.3 is 5.32 Å². The van der Waals surface area contributed by atoms with Crippen LogP contribution < -0.4 is 5.32 Å². The summed E-state index contributed by atoms with van der Waals surface area (Å²) >= 11 is 0. The minimum Gasteiger partial charge on any atom is -0.340 e. The lowest BCUT2D eigenvalue weighted by atomic mass is 10.1. The lowest BCUT2D eigenvalue weighted by molar-refractivity contribution is -0.417. The van der Waals surface area contributed by atoms with Crippen LogP contribution in [0.4, 0.5) is 0 Å². The van der Waals surface area contributed by atoms with E-state index < -0.39 is 16.5 Å². The molecule has 2 aromatic rings. The average molecular weight is 296 g/mol. The number of carbonyl (C=O) groups excluding carboxylic acids is 1. The molecule has 0 bridgehead atoms. The summed E-state index contributed by atoms with van der Waals surface area (Å²) in [4.78, 5) is 22.6. The van der Waals surface area contributed by atoms with Crippen LogP contribution >= 0.6 is 0 Å². The molecule has 1 atom stereocenters.